The summed E-state index contributed by atoms with van der Waals surface area (Å²) in [5, 5.41) is 14.2. The molecule has 5 nitrogen and oxygen atoms in total. The summed E-state index contributed by atoms with van der Waals surface area (Å²) in [6, 6.07) is 18.6. The van der Waals surface area contributed by atoms with E-state index in [1.807, 2.05) is 30.5 Å². The lowest BCUT2D eigenvalue weighted by Gasteiger charge is -2.12. The van der Waals surface area contributed by atoms with Gasteiger partial charge < -0.3 is 5.32 Å². The van der Waals surface area contributed by atoms with Crippen molar-refractivity contribution >= 4 is 33.6 Å². The van der Waals surface area contributed by atoms with Crippen molar-refractivity contribution in [1.82, 2.24) is 19.7 Å². The maximum atomic E-state index is 4.57. The molecule has 6 heteroatoms. The van der Waals surface area contributed by atoms with Crippen molar-refractivity contribution in [1.29, 1.82) is 0 Å². The van der Waals surface area contributed by atoms with Crippen molar-refractivity contribution in [2.24, 2.45) is 0 Å². The van der Waals surface area contributed by atoms with Gasteiger partial charge in [-0.1, -0.05) is 24.3 Å². The van der Waals surface area contributed by atoms with Gasteiger partial charge in [-0.15, -0.1) is 0 Å². The number of hydrogen-bond acceptors (Lipinski definition) is 5. The molecule has 0 amide bonds. The van der Waals surface area contributed by atoms with Crippen molar-refractivity contribution in [3.05, 3.63) is 84.2 Å². The van der Waals surface area contributed by atoms with E-state index in [4.69, 9.17) is 0 Å². The zero-order chi connectivity index (χ0) is 18.1. The predicted molar refractivity (Wildman–Crippen MR) is 110 cm³/mol. The van der Waals surface area contributed by atoms with Crippen LogP contribution in [0.15, 0.2) is 84.2 Å². The van der Waals surface area contributed by atoms with Crippen LogP contribution in [-0.4, -0.2) is 19.7 Å². The van der Waals surface area contributed by atoms with Gasteiger partial charge in [-0.2, -0.15) is 16.4 Å². The number of rotatable bonds is 4. The molecule has 0 radical (unpaired) electrons. The van der Waals surface area contributed by atoms with Gasteiger partial charge in [0.1, 0.15) is 18.5 Å². The molecular weight excluding hydrogens is 354 g/mol. The number of benzene rings is 2. The summed E-state index contributed by atoms with van der Waals surface area (Å²) in [5.41, 5.74) is 4.34. The highest BCUT2D eigenvalue weighted by Crippen LogP contribution is 2.33. The number of aromatic nitrogens is 4. The molecular formula is C21H15N5S. The third-order valence-corrected chi connectivity index (χ3v) is 5.11. The molecule has 5 rings (SSSR count). The number of nitrogens with one attached hydrogen (secondary N) is 1. The summed E-state index contributed by atoms with van der Waals surface area (Å²) >= 11 is 1.71. The van der Waals surface area contributed by atoms with Gasteiger partial charge in [-0.05, 0) is 57.6 Å². The van der Waals surface area contributed by atoms with Gasteiger partial charge in [0.15, 0.2) is 0 Å². The second-order valence-electron chi connectivity index (χ2n) is 6.09. The molecule has 0 aliphatic carbocycles. The molecule has 0 aliphatic rings. The molecule has 27 heavy (non-hydrogen) atoms. The Bertz CT molecular complexity index is 1200. The first-order chi connectivity index (χ1) is 13.4. The molecule has 0 saturated carbocycles. The van der Waals surface area contributed by atoms with Crippen LogP contribution in [0, 0.1) is 0 Å². The standard InChI is InChI=1S/C21H15N5S/c1-3-16(11-17(4-1)26-14-22-13-24-26)25-21-20-6-2-5-18(15-8-10-27-12-15)19(20)7-9-23-21/h1-14H,(H,23,25). The van der Waals surface area contributed by atoms with Gasteiger partial charge in [0, 0.05) is 17.3 Å². The highest BCUT2D eigenvalue weighted by Gasteiger charge is 2.09. The van der Waals surface area contributed by atoms with E-state index in [-0.39, 0.29) is 0 Å². The van der Waals surface area contributed by atoms with Crippen LogP contribution < -0.4 is 5.32 Å². The van der Waals surface area contributed by atoms with Crippen molar-refractivity contribution < 1.29 is 0 Å². The number of fused-ring (bicyclic) bond motifs is 1. The molecule has 3 heterocycles. The van der Waals surface area contributed by atoms with Crippen LogP contribution in [-0.2, 0) is 0 Å². The maximum Gasteiger partial charge on any atom is 0.138 e. The van der Waals surface area contributed by atoms with E-state index >= 15 is 0 Å². The van der Waals surface area contributed by atoms with E-state index in [0.717, 1.165) is 22.6 Å². The summed E-state index contributed by atoms with van der Waals surface area (Å²) in [6.45, 7) is 0. The van der Waals surface area contributed by atoms with E-state index in [9.17, 15) is 0 Å². The molecule has 130 valence electrons. The van der Waals surface area contributed by atoms with Crippen LogP contribution in [0.4, 0.5) is 11.5 Å². The first-order valence-corrected chi connectivity index (χ1v) is 9.45. The Labute approximate surface area is 160 Å². The van der Waals surface area contributed by atoms with Gasteiger partial charge in [-0.3, -0.25) is 0 Å². The minimum absolute atomic E-state index is 0.834. The molecule has 1 N–H and O–H groups in total. The molecule has 0 atom stereocenters. The quantitative estimate of drug-likeness (QED) is 0.468. The zero-order valence-corrected chi connectivity index (χ0v) is 15.1. The minimum Gasteiger partial charge on any atom is -0.340 e. The monoisotopic (exact) mass is 369 g/mol. The molecule has 3 aromatic heterocycles. The number of nitrogens with zero attached hydrogens (tertiary/aromatic N) is 4. The number of anilines is 2. The lowest BCUT2D eigenvalue weighted by Crippen LogP contribution is -1.98. The largest absolute Gasteiger partial charge is 0.340 e. The van der Waals surface area contributed by atoms with E-state index < -0.39 is 0 Å². The zero-order valence-electron chi connectivity index (χ0n) is 14.3. The molecule has 5 aromatic rings. The molecule has 0 saturated heterocycles. The molecule has 0 bridgehead atoms. The molecule has 0 fully saturated rings. The fourth-order valence-electron chi connectivity index (χ4n) is 3.18. The van der Waals surface area contributed by atoms with Crippen LogP contribution in [0.25, 0.3) is 27.6 Å². The number of pyridine rings is 1. The maximum absolute atomic E-state index is 4.57. The Balaban J connectivity index is 1.57. The summed E-state index contributed by atoms with van der Waals surface area (Å²) in [4.78, 5) is 8.58. The summed E-state index contributed by atoms with van der Waals surface area (Å²) in [7, 11) is 0. The summed E-state index contributed by atoms with van der Waals surface area (Å²) < 4.78 is 1.73. The van der Waals surface area contributed by atoms with Crippen molar-refractivity contribution in [2.75, 3.05) is 5.32 Å². The van der Waals surface area contributed by atoms with Crippen molar-refractivity contribution in [2.45, 2.75) is 0 Å². The highest BCUT2D eigenvalue weighted by atomic mass is 32.1. The average molecular weight is 369 g/mol. The fraction of sp³-hybridized carbons (Fsp3) is 0. The second kappa shape index (κ2) is 6.66. The van der Waals surface area contributed by atoms with Crippen LogP contribution in [0.5, 0.6) is 0 Å². The third kappa shape index (κ3) is 2.96. The smallest absolute Gasteiger partial charge is 0.138 e. The lowest BCUT2D eigenvalue weighted by molar-refractivity contribution is 0.879. The van der Waals surface area contributed by atoms with Crippen molar-refractivity contribution in [3.63, 3.8) is 0 Å². The molecule has 2 aromatic carbocycles. The number of hydrogen-bond donors (Lipinski definition) is 1. The highest BCUT2D eigenvalue weighted by molar-refractivity contribution is 7.08. The average Bonchev–Trinajstić information content (AvgIpc) is 3.42. The van der Waals surface area contributed by atoms with Crippen LogP contribution in [0.2, 0.25) is 0 Å². The van der Waals surface area contributed by atoms with Crippen LogP contribution >= 0.6 is 11.3 Å². The Morgan fingerprint density at radius 1 is 0.963 bits per heavy atom. The minimum atomic E-state index is 0.834. The summed E-state index contributed by atoms with van der Waals surface area (Å²) in [6.07, 6.45) is 5.06. The normalized spacial score (nSPS) is 11.0. The fourth-order valence-corrected chi connectivity index (χ4v) is 3.84. The molecule has 0 spiro atoms. The lowest BCUT2D eigenvalue weighted by atomic mass is 10.0. The third-order valence-electron chi connectivity index (χ3n) is 4.43. The first kappa shape index (κ1) is 15.7. The first-order valence-electron chi connectivity index (χ1n) is 8.51. The SMILES string of the molecule is c1cc(Nc2nccc3c(-c4ccsc4)cccc23)cc(-n2cncn2)c1. The predicted octanol–water partition coefficient (Wildman–Crippen LogP) is 5.29. The van der Waals surface area contributed by atoms with E-state index in [1.54, 1.807) is 22.3 Å². The van der Waals surface area contributed by atoms with Gasteiger partial charge >= 0.3 is 0 Å². The summed E-state index contributed by atoms with van der Waals surface area (Å²) in [5.74, 6) is 0.834. The number of thiophene rings is 1. The Morgan fingerprint density at radius 2 is 1.93 bits per heavy atom. The van der Waals surface area contributed by atoms with Gasteiger partial charge in [0.25, 0.3) is 0 Å². The topological polar surface area (TPSA) is 55.6 Å². The Kier molecular flexibility index (Phi) is 3.88. The Morgan fingerprint density at radius 3 is 2.78 bits per heavy atom. The second-order valence-corrected chi connectivity index (χ2v) is 6.87. The Hall–Kier alpha value is -3.51. The van der Waals surface area contributed by atoms with Gasteiger partial charge in [0.2, 0.25) is 0 Å². The molecule has 0 aliphatic heterocycles. The van der Waals surface area contributed by atoms with Crippen molar-refractivity contribution in [3.8, 4) is 16.8 Å². The van der Waals surface area contributed by atoms with Crippen LogP contribution in [0.1, 0.15) is 0 Å². The van der Waals surface area contributed by atoms with Gasteiger partial charge in [-0.25, -0.2) is 14.6 Å². The van der Waals surface area contributed by atoms with E-state index in [2.05, 4.69) is 61.5 Å². The van der Waals surface area contributed by atoms with E-state index in [1.165, 1.54) is 22.8 Å². The van der Waals surface area contributed by atoms with E-state index in [0.29, 0.717) is 0 Å². The molecule has 0 unspecified atom stereocenters. The van der Waals surface area contributed by atoms with Crippen LogP contribution in [0.3, 0.4) is 0 Å². The van der Waals surface area contributed by atoms with Gasteiger partial charge in [0.05, 0.1) is 5.69 Å².